The van der Waals surface area contributed by atoms with Gasteiger partial charge in [0.25, 0.3) is 5.91 Å². The fourth-order valence-corrected chi connectivity index (χ4v) is 3.67. The fraction of sp³-hybridized carbons (Fsp3) is 0.467. The zero-order valence-corrected chi connectivity index (χ0v) is 11.6. The van der Waals surface area contributed by atoms with E-state index in [0.29, 0.717) is 25.0 Å². The van der Waals surface area contributed by atoms with Crippen molar-refractivity contribution in [1.82, 2.24) is 4.90 Å². The zero-order valence-electron chi connectivity index (χ0n) is 11.6. The van der Waals surface area contributed by atoms with Crippen LogP contribution in [0.2, 0.25) is 0 Å². The lowest BCUT2D eigenvalue weighted by Gasteiger charge is -2.23. The molecule has 2 fully saturated rings. The molecule has 1 saturated carbocycles. The molecule has 0 spiro atoms. The first kappa shape index (κ1) is 14.9. The maximum atomic E-state index is 13.7. The van der Waals surface area contributed by atoms with Gasteiger partial charge in [-0.15, -0.1) is 0 Å². The highest BCUT2D eigenvalue weighted by atomic mass is 19.2. The minimum atomic E-state index is -1.54. The average Bonchev–Trinajstić information content (AvgIpc) is 3.01. The molecule has 1 aromatic rings. The monoisotopic (exact) mass is 313 g/mol. The standard InChI is InChI=1S/C15H14F3NO3/c16-9-3-4-10(17)12(18)11(9)13(20)19-6-8-2-1-5-15(8,7-19)14(21)22/h3-4,8H,1-2,5-7H2,(H,21,22)/t8-,15+/m0/s1. The van der Waals surface area contributed by atoms with E-state index in [1.54, 1.807) is 0 Å². The SMILES string of the molecule is O=C(c1c(F)ccc(F)c1F)N1C[C@@H]2CCC[C@@]2(C(=O)O)C1. The number of nitrogens with zero attached hydrogens (tertiary/aromatic N) is 1. The second-order valence-electron chi connectivity index (χ2n) is 5.95. The van der Waals surface area contributed by atoms with Gasteiger partial charge in [0.15, 0.2) is 11.6 Å². The molecule has 118 valence electrons. The summed E-state index contributed by atoms with van der Waals surface area (Å²) in [6, 6.07) is 1.30. The van der Waals surface area contributed by atoms with E-state index in [4.69, 9.17) is 0 Å². The van der Waals surface area contributed by atoms with Gasteiger partial charge in [0.05, 0.1) is 5.41 Å². The number of carbonyl (C=O) groups excluding carboxylic acids is 1. The molecule has 0 radical (unpaired) electrons. The number of halogens is 3. The number of rotatable bonds is 2. The minimum Gasteiger partial charge on any atom is -0.481 e. The Morgan fingerprint density at radius 3 is 2.55 bits per heavy atom. The smallest absolute Gasteiger partial charge is 0.311 e. The molecule has 1 aromatic carbocycles. The molecule has 4 nitrogen and oxygen atoms in total. The van der Waals surface area contributed by atoms with Gasteiger partial charge in [-0.1, -0.05) is 6.42 Å². The van der Waals surface area contributed by atoms with Crippen LogP contribution in [0.5, 0.6) is 0 Å². The molecule has 0 bridgehead atoms. The van der Waals surface area contributed by atoms with Crippen molar-refractivity contribution in [3.8, 4) is 0 Å². The van der Waals surface area contributed by atoms with Gasteiger partial charge in [-0.05, 0) is 30.9 Å². The molecule has 1 N–H and O–H groups in total. The molecule has 3 rings (SSSR count). The summed E-state index contributed by atoms with van der Waals surface area (Å²) in [5.74, 6) is -6.21. The lowest BCUT2D eigenvalue weighted by molar-refractivity contribution is -0.149. The first-order chi connectivity index (χ1) is 10.4. The van der Waals surface area contributed by atoms with Crippen molar-refractivity contribution < 1.29 is 27.9 Å². The molecule has 0 unspecified atom stereocenters. The highest BCUT2D eigenvalue weighted by molar-refractivity contribution is 5.95. The number of fused-ring (bicyclic) bond motifs is 1. The van der Waals surface area contributed by atoms with Crippen LogP contribution in [0.15, 0.2) is 12.1 Å². The van der Waals surface area contributed by atoms with Crippen LogP contribution in [-0.2, 0) is 4.79 Å². The zero-order chi connectivity index (χ0) is 16.1. The number of hydrogen-bond acceptors (Lipinski definition) is 2. The number of likely N-dealkylation sites (tertiary alicyclic amines) is 1. The Morgan fingerprint density at radius 2 is 1.91 bits per heavy atom. The van der Waals surface area contributed by atoms with Crippen LogP contribution < -0.4 is 0 Å². The molecule has 1 saturated heterocycles. The third kappa shape index (κ3) is 1.99. The van der Waals surface area contributed by atoms with Gasteiger partial charge >= 0.3 is 5.97 Å². The van der Waals surface area contributed by atoms with Crippen molar-refractivity contribution in [2.24, 2.45) is 11.3 Å². The summed E-state index contributed by atoms with van der Waals surface area (Å²) in [4.78, 5) is 25.0. The van der Waals surface area contributed by atoms with Gasteiger partial charge in [0, 0.05) is 13.1 Å². The predicted octanol–water partition coefficient (Wildman–Crippen LogP) is 2.43. The lowest BCUT2D eigenvalue weighted by Crippen LogP contribution is -2.37. The summed E-state index contributed by atoms with van der Waals surface area (Å²) in [7, 11) is 0. The van der Waals surface area contributed by atoms with Crippen LogP contribution in [0.25, 0.3) is 0 Å². The Hall–Kier alpha value is -2.05. The maximum absolute atomic E-state index is 13.7. The summed E-state index contributed by atoms with van der Waals surface area (Å²) in [6.45, 7) is 0.0295. The molecule has 1 amide bonds. The third-order valence-electron chi connectivity index (χ3n) is 4.84. The lowest BCUT2D eigenvalue weighted by atomic mass is 9.81. The highest BCUT2D eigenvalue weighted by Crippen LogP contribution is 2.49. The van der Waals surface area contributed by atoms with E-state index >= 15 is 0 Å². The Bertz CT molecular complexity index is 664. The van der Waals surface area contributed by atoms with Gasteiger partial charge in [-0.25, -0.2) is 13.2 Å². The number of carboxylic acids is 1. The van der Waals surface area contributed by atoms with E-state index in [0.717, 1.165) is 11.3 Å². The second-order valence-corrected chi connectivity index (χ2v) is 5.95. The van der Waals surface area contributed by atoms with Crippen molar-refractivity contribution >= 4 is 11.9 Å². The van der Waals surface area contributed by atoms with Crippen molar-refractivity contribution in [2.45, 2.75) is 19.3 Å². The minimum absolute atomic E-state index is 0.0960. The van der Waals surface area contributed by atoms with E-state index in [1.165, 1.54) is 0 Å². The van der Waals surface area contributed by atoms with Crippen LogP contribution in [-0.4, -0.2) is 35.0 Å². The summed E-state index contributed by atoms with van der Waals surface area (Å²) < 4.78 is 40.7. The van der Waals surface area contributed by atoms with Crippen LogP contribution in [0.1, 0.15) is 29.6 Å². The Morgan fingerprint density at radius 1 is 1.23 bits per heavy atom. The molecule has 2 atom stereocenters. The molecule has 1 heterocycles. The van der Waals surface area contributed by atoms with E-state index in [-0.39, 0.29) is 19.0 Å². The molecular weight excluding hydrogens is 299 g/mol. The number of aliphatic carboxylic acids is 1. The summed E-state index contributed by atoms with van der Waals surface area (Å²) >= 11 is 0. The van der Waals surface area contributed by atoms with Crippen LogP contribution in [0.3, 0.4) is 0 Å². The van der Waals surface area contributed by atoms with E-state index in [2.05, 4.69) is 0 Å². The molecule has 1 aliphatic heterocycles. The third-order valence-corrected chi connectivity index (χ3v) is 4.84. The van der Waals surface area contributed by atoms with Crippen molar-refractivity contribution in [2.75, 3.05) is 13.1 Å². The Labute approximate surface area is 124 Å². The topological polar surface area (TPSA) is 57.6 Å². The number of carbonyl (C=O) groups is 2. The molecule has 0 aromatic heterocycles. The molecule has 7 heteroatoms. The average molecular weight is 313 g/mol. The summed E-state index contributed by atoms with van der Waals surface area (Å²) in [5.41, 5.74) is -2.00. The number of amides is 1. The fourth-order valence-electron chi connectivity index (χ4n) is 3.67. The van der Waals surface area contributed by atoms with Gasteiger partial charge in [0.2, 0.25) is 0 Å². The summed E-state index contributed by atoms with van der Waals surface area (Å²) in [6.07, 6.45) is 1.84. The summed E-state index contributed by atoms with van der Waals surface area (Å²) in [5, 5.41) is 9.45. The largest absolute Gasteiger partial charge is 0.481 e. The Balaban J connectivity index is 1.93. The van der Waals surface area contributed by atoms with Crippen molar-refractivity contribution in [1.29, 1.82) is 0 Å². The predicted molar refractivity (Wildman–Crippen MR) is 69.6 cm³/mol. The first-order valence-electron chi connectivity index (χ1n) is 7.03. The van der Waals surface area contributed by atoms with E-state index in [1.807, 2.05) is 0 Å². The Kier molecular flexibility index (Phi) is 3.38. The van der Waals surface area contributed by atoms with Crippen molar-refractivity contribution in [3.63, 3.8) is 0 Å². The molecule has 22 heavy (non-hydrogen) atoms. The van der Waals surface area contributed by atoms with Gasteiger partial charge < -0.3 is 10.0 Å². The second kappa shape index (κ2) is 5.00. The van der Waals surface area contributed by atoms with Crippen LogP contribution in [0.4, 0.5) is 13.2 Å². The van der Waals surface area contributed by atoms with Crippen LogP contribution in [0, 0.1) is 28.8 Å². The number of hydrogen-bond donors (Lipinski definition) is 1. The van der Waals surface area contributed by atoms with Gasteiger partial charge in [-0.2, -0.15) is 0 Å². The number of carboxylic acid groups (broad SMARTS) is 1. The maximum Gasteiger partial charge on any atom is 0.311 e. The quantitative estimate of drug-likeness (QED) is 0.853. The molecule has 2 aliphatic rings. The van der Waals surface area contributed by atoms with E-state index in [9.17, 15) is 27.9 Å². The molecule has 1 aliphatic carbocycles. The van der Waals surface area contributed by atoms with Gasteiger partial charge in [0.1, 0.15) is 11.4 Å². The molecular formula is C15H14F3NO3. The first-order valence-corrected chi connectivity index (χ1v) is 7.03. The van der Waals surface area contributed by atoms with Crippen LogP contribution >= 0.6 is 0 Å². The number of benzene rings is 1. The normalized spacial score (nSPS) is 27.0. The highest BCUT2D eigenvalue weighted by Gasteiger charge is 2.56. The van der Waals surface area contributed by atoms with Gasteiger partial charge in [-0.3, -0.25) is 9.59 Å². The van der Waals surface area contributed by atoms with Crippen molar-refractivity contribution in [3.05, 3.63) is 35.1 Å². The van der Waals surface area contributed by atoms with E-state index < -0.39 is 40.3 Å².